The van der Waals surface area contributed by atoms with E-state index in [0.29, 0.717) is 0 Å². The predicted molar refractivity (Wildman–Crippen MR) is 189 cm³/mol. The highest BCUT2D eigenvalue weighted by atomic mass is 32.2. The number of hydrogen-bond acceptors (Lipinski definition) is 3. The first-order valence-electron chi connectivity index (χ1n) is 15.6. The second-order valence-corrected chi connectivity index (χ2v) is 12.8. The molecule has 0 atom stereocenters. The van der Waals surface area contributed by atoms with Gasteiger partial charge in [0.1, 0.15) is 11.5 Å². The van der Waals surface area contributed by atoms with Gasteiger partial charge in [0.2, 0.25) is 0 Å². The quantitative estimate of drug-likeness (QED) is 0.197. The third-order valence-electron chi connectivity index (χ3n) is 9.19. The summed E-state index contributed by atoms with van der Waals surface area (Å²) >= 11 is 1.85. The fourth-order valence-corrected chi connectivity index (χ4v) is 8.37. The summed E-state index contributed by atoms with van der Waals surface area (Å²) < 4.78 is 6.58. The Labute approximate surface area is 273 Å². The van der Waals surface area contributed by atoms with Crippen molar-refractivity contribution in [2.45, 2.75) is 15.2 Å². The summed E-state index contributed by atoms with van der Waals surface area (Å²) in [5, 5.41) is 0. The molecule has 3 heteroatoms. The lowest BCUT2D eigenvalue weighted by molar-refractivity contribution is 0.431. The highest BCUT2D eigenvalue weighted by Crippen LogP contribution is 2.62. The van der Waals surface area contributed by atoms with Gasteiger partial charge in [-0.25, -0.2) is 0 Å². The van der Waals surface area contributed by atoms with Gasteiger partial charge in [-0.2, -0.15) is 0 Å². The van der Waals surface area contributed by atoms with Gasteiger partial charge in [0.15, 0.2) is 0 Å². The zero-order chi connectivity index (χ0) is 30.5. The van der Waals surface area contributed by atoms with Crippen LogP contribution >= 0.6 is 11.8 Å². The minimum atomic E-state index is -0.544. The SMILES string of the molecule is c1ccc(-c2ccc(N(c3ccccc3)c3ccc4c(c3)C3(c5ccccc5Oc5ccccc53)c3ccccc3S4)cc2)cc1. The Hall–Kier alpha value is -5.51. The zero-order valence-corrected chi connectivity index (χ0v) is 25.8. The van der Waals surface area contributed by atoms with E-state index in [2.05, 4.69) is 181 Å². The van der Waals surface area contributed by atoms with E-state index in [4.69, 9.17) is 4.74 Å². The number of nitrogens with zero attached hydrogens (tertiary/aromatic N) is 1. The molecule has 9 rings (SSSR count). The van der Waals surface area contributed by atoms with E-state index in [1.165, 1.54) is 43.2 Å². The number of benzene rings is 7. The van der Waals surface area contributed by atoms with Crippen molar-refractivity contribution in [3.63, 3.8) is 0 Å². The molecule has 0 aromatic heterocycles. The van der Waals surface area contributed by atoms with Crippen molar-refractivity contribution in [1.82, 2.24) is 0 Å². The van der Waals surface area contributed by atoms with Gasteiger partial charge in [-0.3, -0.25) is 0 Å². The molecule has 7 aromatic rings. The van der Waals surface area contributed by atoms with Crippen LogP contribution < -0.4 is 9.64 Å². The maximum atomic E-state index is 6.58. The molecule has 0 fully saturated rings. The van der Waals surface area contributed by atoms with Crippen molar-refractivity contribution in [2.24, 2.45) is 0 Å². The summed E-state index contributed by atoms with van der Waals surface area (Å²) in [4.78, 5) is 4.89. The molecule has 1 spiro atoms. The van der Waals surface area contributed by atoms with Crippen LogP contribution in [0.1, 0.15) is 22.3 Å². The Morgan fingerprint density at radius 1 is 0.391 bits per heavy atom. The lowest BCUT2D eigenvalue weighted by Crippen LogP contribution is -2.36. The predicted octanol–water partition coefficient (Wildman–Crippen LogP) is 11.8. The summed E-state index contributed by atoms with van der Waals surface area (Å²) in [6.45, 7) is 0. The van der Waals surface area contributed by atoms with Gasteiger partial charge in [0.05, 0.1) is 5.41 Å². The molecule has 46 heavy (non-hydrogen) atoms. The van der Waals surface area contributed by atoms with Crippen molar-refractivity contribution in [2.75, 3.05) is 4.90 Å². The molecule has 0 unspecified atom stereocenters. The third-order valence-corrected chi connectivity index (χ3v) is 10.3. The Bertz CT molecular complexity index is 2110. The molecular formula is C43H29NOS. The highest BCUT2D eigenvalue weighted by molar-refractivity contribution is 7.99. The van der Waals surface area contributed by atoms with Crippen molar-refractivity contribution in [3.8, 4) is 22.6 Å². The highest BCUT2D eigenvalue weighted by Gasteiger charge is 2.49. The van der Waals surface area contributed by atoms with Crippen LogP contribution in [0.3, 0.4) is 0 Å². The molecular weight excluding hydrogens is 579 g/mol. The van der Waals surface area contributed by atoms with Crippen molar-refractivity contribution < 1.29 is 4.74 Å². The lowest BCUT2D eigenvalue weighted by atomic mass is 9.63. The van der Waals surface area contributed by atoms with Gasteiger partial charge < -0.3 is 9.64 Å². The van der Waals surface area contributed by atoms with Crippen LogP contribution in [-0.4, -0.2) is 0 Å². The van der Waals surface area contributed by atoms with Gasteiger partial charge in [-0.05, 0) is 82.9 Å². The van der Waals surface area contributed by atoms with Crippen LogP contribution in [0.2, 0.25) is 0 Å². The Kier molecular flexibility index (Phi) is 6.32. The van der Waals surface area contributed by atoms with E-state index >= 15 is 0 Å². The number of rotatable bonds is 4. The van der Waals surface area contributed by atoms with E-state index in [0.717, 1.165) is 28.6 Å². The van der Waals surface area contributed by atoms with Crippen LogP contribution in [0.4, 0.5) is 17.1 Å². The van der Waals surface area contributed by atoms with E-state index in [1.807, 2.05) is 11.8 Å². The molecule has 0 amide bonds. The first kappa shape index (κ1) is 26.9. The Balaban J connectivity index is 1.29. The summed E-state index contributed by atoms with van der Waals surface area (Å²) in [6.07, 6.45) is 0. The van der Waals surface area contributed by atoms with Crippen LogP contribution in [0, 0.1) is 0 Å². The van der Waals surface area contributed by atoms with Crippen LogP contribution in [0.15, 0.2) is 186 Å². The molecule has 218 valence electrons. The molecule has 0 saturated heterocycles. The first-order chi connectivity index (χ1) is 22.8. The van der Waals surface area contributed by atoms with Crippen molar-refractivity contribution in [3.05, 3.63) is 198 Å². The van der Waals surface area contributed by atoms with Gasteiger partial charge in [0.25, 0.3) is 0 Å². The number of para-hydroxylation sites is 3. The molecule has 0 bridgehead atoms. The van der Waals surface area contributed by atoms with E-state index < -0.39 is 5.41 Å². The number of hydrogen-bond donors (Lipinski definition) is 0. The maximum Gasteiger partial charge on any atom is 0.132 e. The van der Waals surface area contributed by atoms with Crippen LogP contribution in [0.25, 0.3) is 11.1 Å². The van der Waals surface area contributed by atoms with E-state index in [9.17, 15) is 0 Å². The molecule has 7 aromatic carbocycles. The number of fused-ring (bicyclic) bond motifs is 8. The standard InChI is InChI=1S/C43H29NOS/c1-3-13-30(14-4-1)31-23-25-33(26-24-31)44(32-15-5-2-6-16-32)34-27-28-42-38(29-34)43(37-19-9-12-22-41(37)46-42)35-17-7-10-20-39(35)45-40-21-11-8-18-36(40)43/h1-29H. The van der Waals surface area contributed by atoms with Crippen LogP contribution in [0.5, 0.6) is 11.5 Å². The second kappa shape index (κ2) is 10.8. The van der Waals surface area contributed by atoms with Gasteiger partial charge >= 0.3 is 0 Å². The minimum absolute atomic E-state index is 0.544. The average molecular weight is 608 g/mol. The van der Waals surface area contributed by atoms with E-state index in [1.54, 1.807) is 0 Å². The molecule has 2 heterocycles. The number of ether oxygens (including phenoxy) is 1. The largest absolute Gasteiger partial charge is 0.457 e. The summed E-state index contributed by atoms with van der Waals surface area (Å²) in [5.74, 6) is 1.80. The average Bonchev–Trinajstić information content (AvgIpc) is 3.13. The molecule has 0 radical (unpaired) electrons. The Morgan fingerprint density at radius 3 is 1.59 bits per heavy atom. The van der Waals surface area contributed by atoms with Crippen molar-refractivity contribution in [1.29, 1.82) is 0 Å². The zero-order valence-electron chi connectivity index (χ0n) is 25.0. The molecule has 2 aliphatic heterocycles. The normalized spacial score (nSPS) is 13.5. The van der Waals surface area contributed by atoms with E-state index in [-0.39, 0.29) is 0 Å². The number of anilines is 3. The van der Waals surface area contributed by atoms with Crippen molar-refractivity contribution >= 4 is 28.8 Å². The summed E-state index contributed by atoms with van der Waals surface area (Å²) in [5.41, 5.74) is 10.1. The van der Waals surface area contributed by atoms with Gasteiger partial charge in [-0.15, -0.1) is 0 Å². The van der Waals surface area contributed by atoms with Crippen LogP contribution in [-0.2, 0) is 5.41 Å². The molecule has 0 N–H and O–H groups in total. The fourth-order valence-electron chi connectivity index (χ4n) is 7.20. The third kappa shape index (κ3) is 4.13. The summed E-state index contributed by atoms with van der Waals surface area (Å²) in [7, 11) is 0. The molecule has 0 saturated carbocycles. The molecule has 0 aliphatic carbocycles. The summed E-state index contributed by atoms with van der Waals surface area (Å²) in [6, 6.07) is 63.1. The molecule has 2 aliphatic rings. The first-order valence-corrected chi connectivity index (χ1v) is 16.4. The van der Waals surface area contributed by atoms with Gasteiger partial charge in [0, 0.05) is 38.0 Å². The maximum absolute atomic E-state index is 6.58. The molecule has 2 nitrogen and oxygen atoms in total. The minimum Gasteiger partial charge on any atom is -0.457 e. The smallest absolute Gasteiger partial charge is 0.132 e. The topological polar surface area (TPSA) is 12.5 Å². The monoisotopic (exact) mass is 607 g/mol. The second-order valence-electron chi connectivity index (χ2n) is 11.7. The fraction of sp³-hybridized carbons (Fsp3) is 0.0233. The Morgan fingerprint density at radius 2 is 0.891 bits per heavy atom. The lowest BCUT2D eigenvalue weighted by Gasteiger charge is -2.45. The van der Waals surface area contributed by atoms with Gasteiger partial charge in [-0.1, -0.05) is 127 Å².